The summed E-state index contributed by atoms with van der Waals surface area (Å²) in [6.45, 7) is 4.06. The van der Waals surface area contributed by atoms with Crippen molar-refractivity contribution in [3.63, 3.8) is 0 Å². The highest BCUT2D eigenvalue weighted by atomic mass is 32.1. The molecule has 0 radical (unpaired) electrons. The minimum absolute atomic E-state index is 0.268. The number of nitrogens with zero attached hydrogens (tertiary/aromatic N) is 1. The van der Waals surface area contributed by atoms with Crippen LogP contribution >= 0.6 is 12.6 Å². The maximum absolute atomic E-state index is 8.52. The predicted octanol–water partition coefficient (Wildman–Crippen LogP) is 1.82. The standard InChI is InChI=1S/C8H12N2S/c1-6(2)3-4-7(5-9)8(10)11/h3-4,6,11H,10H2,1-2H3/b4-3+,8-7-. The minimum atomic E-state index is 0.268. The molecule has 11 heavy (non-hydrogen) atoms. The van der Waals surface area contributed by atoms with Crippen molar-refractivity contribution >= 4 is 12.6 Å². The quantitative estimate of drug-likeness (QED) is 0.375. The summed E-state index contributed by atoms with van der Waals surface area (Å²) in [5, 5.41) is 8.79. The van der Waals surface area contributed by atoms with Crippen molar-refractivity contribution in [2.24, 2.45) is 11.7 Å². The summed E-state index contributed by atoms with van der Waals surface area (Å²) in [6.07, 6.45) is 3.59. The molecule has 0 unspecified atom stereocenters. The zero-order valence-electron chi connectivity index (χ0n) is 6.70. The zero-order chi connectivity index (χ0) is 8.85. The van der Waals surface area contributed by atoms with E-state index in [2.05, 4.69) is 12.6 Å². The van der Waals surface area contributed by atoms with E-state index in [9.17, 15) is 0 Å². The third-order valence-electron chi connectivity index (χ3n) is 1.04. The van der Waals surface area contributed by atoms with E-state index in [0.717, 1.165) is 0 Å². The Morgan fingerprint density at radius 3 is 2.45 bits per heavy atom. The van der Waals surface area contributed by atoms with Crippen LogP contribution in [0.15, 0.2) is 22.8 Å². The topological polar surface area (TPSA) is 49.8 Å². The molecule has 0 aliphatic rings. The SMILES string of the molecule is CC(C)/C=C/C(C#N)=C(\N)S. The van der Waals surface area contributed by atoms with Gasteiger partial charge in [0.25, 0.3) is 0 Å². The van der Waals surface area contributed by atoms with Gasteiger partial charge >= 0.3 is 0 Å². The molecule has 0 fully saturated rings. The molecule has 3 heteroatoms. The van der Waals surface area contributed by atoms with E-state index >= 15 is 0 Å². The largest absolute Gasteiger partial charge is 0.393 e. The minimum Gasteiger partial charge on any atom is -0.393 e. The molecule has 0 rings (SSSR count). The smallest absolute Gasteiger partial charge is 0.102 e. The highest BCUT2D eigenvalue weighted by molar-refractivity contribution is 7.84. The van der Waals surface area contributed by atoms with Crippen molar-refractivity contribution in [1.29, 1.82) is 5.26 Å². The Labute approximate surface area is 72.8 Å². The fourth-order valence-electron chi connectivity index (χ4n) is 0.469. The van der Waals surface area contributed by atoms with E-state index in [1.54, 1.807) is 6.08 Å². The number of allylic oxidation sites excluding steroid dienone is 3. The molecule has 0 amide bonds. The van der Waals surface area contributed by atoms with Crippen molar-refractivity contribution in [3.8, 4) is 6.07 Å². The molecule has 0 heterocycles. The number of rotatable bonds is 2. The molecule has 0 aromatic heterocycles. The van der Waals surface area contributed by atoms with Crippen LogP contribution in [0.2, 0.25) is 0 Å². The van der Waals surface area contributed by atoms with Crippen LogP contribution in [0.3, 0.4) is 0 Å². The van der Waals surface area contributed by atoms with E-state index < -0.39 is 0 Å². The van der Waals surface area contributed by atoms with Gasteiger partial charge < -0.3 is 5.73 Å². The van der Waals surface area contributed by atoms with Gasteiger partial charge in [0.05, 0.1) is 10.6 Å². The molecule has 0 atom stereocenters. The van der Waals surface area contributed by atoms with Crippen molar-refractivity contribution in [3.05, 3.63) is 22.8 Å². The van der Waals surface area contributed by atoms with Crippen LogP contribution in [0.4, 0.5) is 0 Å². The third kappa shape index (κ3) is 4.51. The number of thiol groups is 1. The fourth-order valence-corrected chi connectivity index (χ4v) is 0.593. The first-order valence-corrected chi connectivity index (χ1v) is 3.79. The maximum Gasteiger partial charge on any atom is 0.102 e. The normalized spacial score (nSPS) is 13.4. The Balaban J connectivity index is 4.38. The summed E-state index contributed by atoms with van der Waals surface area (Å²) in [5.41, 5.74) is 5.72. The Morgan fingerprint density at radius 2 is 2.18 bits per heavy atom. The molecule has 0 aliphatic heterocycles. The van der Waals surface area contributed by atoms with Crippen molar-refractivity contribution in [1.82, 2.24) is 0 Å². The number of nitrogens with two attached hydrogens (primary N) is 1. The van der Waals surface area contributed by atoms with Crippen molar-refractivity contribution in [2.75, 3.05) is 0 Å². The lowest BCUT2D eigenvalue weighted by Crippen LogP contribution is -1.92. The molecule has 0 saturated carbocycles. The second kappa shape index (κ2) is 4.86. The first-order valence-electron chi connectivity index (χ1n) is 3.35. The third-order valence-corrected chi connectivity index (χ3v) is 1.29. The number of hydrogen-bond donors (Lipinski definition) is 2. The van der Waals surface area contributed by atoms with Gasteiger partial charge in [-0.2, -0.15) is 5.26 Å². The summed E-state index contributed by atoms with van der Waals surface area (Å²) in [4.78, 5) is 0. The molecule has 0 spiro atoms. The average molecular weight is 168 g/mol. The molecule has 0 saturated heterocycles. The summed E-state index contributed by atoms with van der Waals surface area (Å²) < 4.78 is 0. The van der Waals surface area contributed by atoms with Gasteiger partial charge in [0, 0.05) is 0 Å². The van der Waals surface area contributed by atoms with E-state index in [1.165, 1.54) is 0 Å². The van der Waals surface area contributed by atoms with Crippen LogP contribution in [-0.2, 0) is 0 Å². The Bertz CT molecular complexity index is 217. The molecule has 0 aromatic rings. The summed E-state index contributed by atoms with van der Waals surface area (Å²) in [7, 11) is 0. The molecular formula is C8H12N2S. The molecule has 2 N–H and O–H groups in total. The molecule has 0 aromatic carbocycles. The van der Waals surface area contributed by atoms with E-state index in [4.69, 9.17) is 11.0 Å². The van der Waals surface area contributed by atoms with Gasteiger partial charge in [-0.25, -0.2) is 0 Å². The van der Waals surface area contributed by atoms with E-state index in [-0.39, 0.29) is 5.03 Å². The fraction of sp³-hybridized carbons (Fsp3) is 0.375. The van der Waals surface area contributed by atoms with Gasteiger partial charge in [-0.3, -0.25) is 0 Å². The van der Waals surface area contributed by atoms with Gasteiger partial charge in [-0.15, -0.1) is 12.6 Å². The highest BCUT2D eigenvalue weighted by Crippen LogP contribution is 2.05. The summed E-state index contributed by atoms with van der Waals surface area (Å²) >= 11 is 3.86. The van der Waals surface area contributed by atoms with Crippen LogP contribution < -0.4 is 5.73 Å². The Morgan fingerprint density at radius 1 is 1.64 bits per heavy atom. The number of hydrogen-bond acceptors (Lipinski definition) is 3. The first-order chi connectivity index (χ1) is 5.07. The van der Waals surface area contributed by atoms with Crippen LogP contribution in [0, 0.1) is 17.2 Å². The van der Waals surface area contributed by atoms with Gasteiger partial charge in [0.2, 0.25) is 0 Å². The van der Waals surface area contributed by atoms with Crippen LogP contribution in [0.5, 0.6) is 0 Å². The lowest BCUT2D eigenvalue weighted by molar-refractivity contribution is 0.831. The lowest BCUT2D eigenvalue weighted by Gasteiger charge is -1.94. The molecule has 0 aliphatic carbocycles. The van der Waals surface area contributed by atoms with Crippen molar-refractivity contribution in [2.45, 2.75) is 13.8 Å². The van der Waals surface area contributed by atoms with Gasteiger partial charge in [0.1, 0.15) is 6.07 Å². The first kappa shape index (κ1) is 10.1. The van der Waals surface area contributed by atoms with Crippen LogP contribution in [0.25, 0.3) is 0 Å². The molecular weight excluding hydrogens is 156 g/mol. The highest BCUT2D eigenvalue weighted by Gasteiger charge is 1.93. The zero-order valence-corrected chi connectivity index (χ0v) is 7.60. The second-order valence-electron chi connectivity index (χ2n) is 2.51. The van der Waals surface area contributed by atoms with Gasteiger partial charge in [-0.1, -0.05) is 19.9 Å². The maximum atomic E-state index is 8.52. The van der Waals surface area contributed by atoms with Crippen LogP contribution in [-0.4, -0.2) is 0 Å². The monoisotopic (exact) mass is 168 g/mol. The predicted molar refractivity (Wildman–Crippen MR) is 49.8 cm³/mol. The lowest BCUT2D eigenvalue weighted by atomic mass is 10.1. The summed E-state index contributed by atoms with van der Waals surface area (Å²) in [5.74, 6) is 0.422. The molecule has 60 valence electrons. The van der Waals surface area contributed by atoms with E-state index in [1.807, 2.05) is 26.0 Å². The second-order valence-corrected chi connectivity index (χ2v) is 3.00. The van der Waals surface area contributed by atoms with Gasteiger partial charge in [-0.05, 0) is 12.0 Å². The van der Waals surface area contributed by atoms with Crippen LogP contribution in [0.1, 0.15) is 13.8 Å². The Kier molecular flexibility index (Phi) is 4.47. The summed E-state index contributed by atoms with van der Waals surface area (Å²) in [6, 6.07) is 1.95. The van der Waals surface area contributed by atoms with Gasteiger partial charge in [0.15, 0.2) is 0 Å². The van der Waals surface area contributed by atoms with E-state index in [0.29, 0.717) is 11.5 Å². The van der Waals surface area contributed by atoms with Crippen molar-refractivity contribution < 1.29 is 0 Å². The molecule has 0 bridgehead atoms. The number of nitriles is 1. The Hall–Kier alpha value is -0.880. The average Bonchev–Trinajstić information content (AvgIpc) is 1.87. The molecule has 2 nitrogen and oxygen atoms in total.